The van der Waals surface area contributed by atoms with Crippen molar-refractivity contribution >= 4 is 31.6 Å². The van der Waals surface area contributed by atoms with Gasteiger partial charge in [0.2, 0.25) is 15.9 Å². The molecular weight excluding hydrogens is 594 g/mol. The number of carbonyl (C=O) groups is 1. The number of sulfonamides is 2. The number of anilines is 1. The van der Waals surface area contributed by atoms with Crippen molar-refractivity contribution in [3.05, 3.63) is 78.4 Å². The van der Waals surface area contributed by atoms with Gasteiger partial charge in [0, 0.05) is 30.8 Å². The van der Waals surface area contributed by atoms with Gasteiger partial charge in [-0.15, -0.1) is 0 Å². The van der Waals surface area contributed by atoms with Crippen molar-refractivity contribution in [2.24, 2.45) is 5.92 Å². The average Bonchev–Trinajstić information content (AvgIpc) is 3.04. The number of methoxy groups -OCH3 is 1. The molecule has 3 aromatic rings. The third-order valence-electron chi connectivity index (χ3n) is 7.43. The molecule has 232 valence electrons. The summed E-state index contributed by atoms with van der Waals surface area (Å²) in [5.74, 6) is 0.242. The number of amides is 1. The number of carbonyl (C=O) groups excluding carboxylic acids is 1. The molecule has 4 rings (SSSR count). The minimum Gasteiger partial charge on any atom is -0.497 e. The van der Waals surface area contributed by atoms with Crippen LogP contribution in [0.5, 0.6) is 11.5 Å². The number of aliphatic hydroxyl groups excluding tert-OH is 1. The molecule has 0 unspecified atom stereocenters. The molecule has 1 heterocycles. The molecule has 1 aliphatic heterocycles. The maximum absolute atomic E-state index is 13.5. The number of hydrogen-bond acceptors (Lipinski definition) is 8. The second-order valence-corrected chi connectivity index (χ2v) is 14.3. The van der Waals surface area contributed by atoms with Gasteiger partial charge in [-0.1, -0.05) is 25.1 Å². The SMILES string of the molecule is COc1ccc(S(=O)(=O)Nc2ccc3c(c2)CC(=O)N([C@H](C)CO)C[C@@H](C)[C@H](CN(C)S(=O)(=O)c2ccccc2)O3)cc1. The topological polar surface area (TPSA) is 143 Å². The Balaban J connectivity index is 1.67. The van der Waals surface area contributed by atoms with Crippen LogP contribution in [0.4, 0.5) is 5.69 Å². The number of benzene rings is 3. The molecule has 0 fully saturated rings. The Morgan fingerprint density at radius 3 is 2.35 bits per heavy atom. The Labute approximate surface area is 253 Å². The largest absolute Gasteiger partial charge is 0.497 e. The van der Waals surface area contributed by atoms with Crippen LogP contribution in [0.1, 0.15) is 19.4 Å². The third-order valence-corrected chi connectivity index (χ3v) is 10.7. The molecule has 0 aliphatic carbocycles. The summed E-state index contributed by atoms with van der Waals surface area (Å²) in [6, 6.07) is 18.1. The fourth-order valence-electron chi connectivity index (χ4n) is 4.80. The summed E-state index contributed by atoms with van der Waals surface area (Å²) in [6.45, 7) is 3.53. The van der Waals surface area contributed by atoms with Crippen LogP contribution in [0.3, 0.4) is 0 Å². The minimum atomic E-state index is -3.96. The van der Waals surface area contributed by atoms with E-state index in [9.17, 15) is 26.7 Å². The fourth-order valence-corrected chi connectivity index (χ4v) is 7.06. The van der Waals surface area contributed by atoms with Crippen LogP contribution < -0.4 is 14.2 Å². The van der Waals surface area contributed by atoms with E-state index in [0.29, 0.717) is 17.1 Å². The van der Waals surface area contributed by atoms with E-state index in [-0.39, 0.29) is 53.4 Å². The summed E-state index contributed by atoms with van der Waals surface area (Å²) in [5.41, 5.74) is 0.642. The first-order chi connectivity index (χ1) is 20.3. The van der Waals surface area contributed by atoms with Crippen molar-refractivity contribution in [2.45, 2.75) is 42.2 Å². The van der Waals surface area contributed by atoms with Crippen LogP contribution in [0.15, 0.2) is 82.6 Å². The van der Waals surface area contributed by atoms with Crippen LogP contribution in [-0.4, -0.2) is 83.1 Å². The quantitative estimate of drug-likeness (QED) is 0.348. The molecule has 43 heavy (non-hydrogen) atoms. The molecule has 1 amide bonds. The predicted molar refractivity (Wildman–Crippen MR) is 162 cm³/mol. The minimum absolute atomic E-state index is 0.0147. The highest BCUT2D eigenvalue weighted by atomic mass is 32.2. The summed E-state index contributed by atoms with van der Waals surface area (Å²) in [5, 5.41) is 9.88. The van der Waals surface area contributed by atoms with Gasteiger partial charge in [0.05, 0.1) is 42.5 Å². The fraction of sp³-hybridized carbons (Fsp3) is 0.367. The zero-order valence-corrected chi connectivity index (χ0v) is 26.1. The molecule has 0 aromatic heterocycles. The number of likely N-dealkylation sites (N-methyl/N-ethyl adjacent to an activating group) is 1. The summed E-state index contributed by atoms with van der Waals surface area (Å²) < 4.78 is 68.0. The number of hydrogen-bond donors (Lipinski definition) is 2. The van der Waals surface area contributed by atoms with Crippen molar-refractivity contribution in [1.82, 2.24) is 9.21 Å². The maximum atomic E-state index is 13.5. The van der Waals surface area contributed by atoms with Gasteiger partial charge < -0.3 is 19.5 Å². The Bertz CT molecular complexity index is 1630. The Morgan fingerprint density at radius 2 is 1.72 bits per heavy atom. The van der Waals surface area contributed by atoms with E-state index in [4.69, 9.17) is 9.47 Å². The molecule has 0 saturated carbocycles. The van der Waals surface area contributed by atoms with Crippen molar-refractivity contribution in [2.75, 3.05) is 38.6 Å². The van der Waals surface area contributed by atoms with Crippen LogP contribution in [0.2, 0.25) is 0 Å². The van der Waals surface area contributed by atoms with E-state index in [1.54, 1.807) is 48.2 Å². The molecule has 0 radical (unpaired) electrons. The Hall–Kier alpha value is -3.65. The van der Waals surface area contributed by atoms with Gasteiger partial charge in [0.1, 0.15) is 17.6 Å². The van der Waals surface area contributed by atoms with Gasteiger partial charge in [0.15, 0.2) is 0 Å². The lowest BCUT2D eigenvalue weighted by Gasteiger charge is -2.33. The molecule has 3 aromatic carbocycles. The molecule has 0 saturated heterocycles. The standard InChI is InChI=1S/C30H37N3O8S2/c1-21-18-33(22(2)20-34)30(35)17-23-16-24(31-42(36,37)26-13-11-25(40-4)12-14-26)10-15-28(23)41-29(21)19-32(3)43(38,39)27-8-6-5-7-9-27/h5-16,21-22,29,31,34H,17-20H2,1-4H3/t21-,22-,29+/m1/s1. The van der Waals surface area contributed by atoms with E-state index in [1.807, 2.05) is 6.92 Å². The van der Waals surface area contributed by atoms with E-state index >= 15 is 0 Å². The van der Waals surface area contributed by atoms with Crippen molar-refractivity contribution in [3.8, 4) is 11.5 Å². The van der Waals surface area contributed by atoms with Gasteiger partial charge in [-0.05, 0) is 61.5 Å². The summed E-state index contributed by atoms with van der Waals surface area (Å²) in [4.78, 5) is 15.2. The molecule has 3 atom stereocenters. The number of nitrogens with zero attached hydrogens (tertiary/aromatic N) is 2. The zero-order chi connectivity index (χ0) is 31.4. The lowest BCUT2D eigenvalue weighted by atomic mass is 10.0. The summed E-state index contributed by atoms with van der Waals surface area (Å²) >= 11 is 0. The normalized spacial score (nSPS) is 18.6. The number of fused-ring (bicyclic) bond motifs is 1. The van der Waals surface area contributed by atoms with Crippen LogP contribution in [0.25, 0.3) is 0 Å². The van der Waals surface area contributed by atoms with Gasteiger partial charge in [0.25, 0.3) is 10.0 Å². The first kappa shape index (κ1) is 32.3. The lowest BCUT2D eigenvalue weighted by molar-refractivity contribution is -0.134. The first-order valence-electron chi connectivity index (χ1n) is 13.7. The van der Waals surface area contributed by atoms with E-state index in [0.717, 1.165) is 0 Å². The summed E-state index contributed by atoms with van der Waals surface area (Å²) in [6.07, 6.45) is -0.793. The highest BCUT2D eigenvalue weighted by molar-refractivity contribution is 7.92. The lowest BCUT2D eigenvalue weighted by Crippen LogP contribution is -2.48. The van der Waals surface area contributed by atoms with Gasteiger partial charge in [-0.25, -0.2) is 16.8 Å². The second-order valence-electron chi connectivity index (χ2n) is 10.6. The highest BCUT2D eigenvalue weighted by Crippen LogP contribution is 2.31. The molecule has 0 spiro atoms. The Morgan fingerprint density at radius 1 is 1.05 bits per heavy atom. The highest BCUT2D eigenvalue weighted by Gasteiger charge is 2.33. The second kappa shape index (κ2) is 13.3. The van der Waals surface area contributed by atoms with Crippen LogP contribution in [0, 0.1) is 5.92 Å². The van der Waals surface area contributed by atoms with E-state index in [1.165, 1.54) is 54.9 Å². The molecule has 11 nitrogen and oxygen atoms in total. The van der Waals surface area contributed by atoms with Crippen molar-refractivity contribution in [1.29, 1.82) is 0 Å². The number of aliphatic hydroxyl groups is 1. The van der Waals surface area contributed by atoms with E-state index in [2.05, 4.69) is 4.72 Å². The van der Waals surface area contributed by atoms with E-state index < -0.39 is 32.2 Å². The third kappa shape index (κ3) is 7.47. The molecule has 1 aliphatic rings. The number of ether oxygens (including phenoxy) is 2. The van der Waals surface area contributed by atoms with Gasteiger partial charge in [-0.3, -0.25) is 9.52 Å². The monoisotopic (exact) mass is 631 g/mol. The maximum Gasteiger partial charge on any atom is 0.261 e. The van der Waals surface area contributed by atoms with Crippen molar-refractivity contribution < 1.29 is 36.2 Å². The molecule has 0 bridgehead atoms. The molecule has 13 heteroatoms. The average molecular weight is 632 g/mol. The first-order valence-corrected chi connectivity index (χ1v) is 16.7. The van der Waals surface area contributed by atoms with Crippen LogP contribution >= 0.6 is 0 Å². The van der Waals surface area contributed by atoms with Crippen molar-refractivity contribution in [3.63, 3.8) is 0 Å². The Kier molecular flexibility index (Phi) is 10.0. The van der Waals surface area contributed by atoms with Gasteiger partial charge in [-0.2, -0.15) is 4.31 Å². The zero-order valence-electron chi connectivity index (χ0n) is 24.5. The summed E-state index contributed by atoms with van der Waals surface area (Å²) in [7, 11) is -4.82. The van der Waals surface area contributed by atoms with Crippen LogP contribution in [-0.2, 0) is 31.3 Å². The predicted octanol–water partition coefficient (Wildman–Crippen LogP) is 2.97. The smallest absolute Gasteiger partial charge is 0.261 e. The molecule has 2 N–H and O–H groups in total. The number of nitrogens with one attached hydrogen (secondary N) is 1. The molecular formula is C30H37N3O8S2. The number of rotatable bonds is 10. The van der Waals surface area contributed by atoms with Gasteiger partial charge >= 0.3 is 0 Å².